The van der Waals surface area contributed by atoms with Crippen LogP contribution in [0.1, 0.15) is 30.3 Å². The summed E-state index contributed by atoms with van der Waals surface area (Å²) in [5.41, 5.74) is 1.19. The molecule has 1 aromatic carbocycles. The van der Waals surface area contributed by atoms with E-state index in [0.29, 0.717) is 31.9 Å². The number of nitrogens with zero attached hydrogens (tertiary/aromatic N) is 8. The summed E-state index contributed by atoms with van der Waals surface area (Å²) in [6.45, 7) is 7.06. The molecule has 0 saturated carbocycles. The van der Waals surface area contributed by atoms with Crippen LogP contribution >= 0.6 is 0 Å². The van der Waals surface area contributed by atoms with Crippen LogP contribution in [0.25, 0.3) is 5.69 Å². The van der Waals surface area contributed by atoms with Crippen LogP contribution in [0.2, 0.25) is 0 Å². The molecule has 2 aromatic heterocycles. The maximum atomic E-state index is 12.9. The first-order chi connectivity index (χ1) is 15.7. The third-order valence-electron chi connectivity index (χ3n) is 6.33. The first kappa shape index (κ1) is 20.4. The van der Waals surface area contributed by atoms with Crippen molar-refractivity contribution >= 4 is 17.5 Å². The van der Waals surface area contributed by atoms with Gasteiger partial charge in [-0.15, -0.1) is 15.3 Å². The molecule has 4 heterocycles. The van der Waals surface area contributed by atoms with Crippen LogP contribution in [0.5, 0.6) is 0 Å². The van der Waals surface area contributed by atoms with Gasteiger partial charge in [-0.1, -0.05) is 25.1 Å². The lowest BCUT2D eigenvalue weighted by molar-refractivity contribution is 0.0740. The number of hydrogen-bond acceptors (Lipinski definition) is 7. The number of para-hydroxylation sites is 1. The van der Waals surface area contributed by atoms with Gasteiger partial charge in [-0.05, 0) is 43.0 Å². The fraction of sp³-hybridized carbons (Fsp3) is 0.435. The number of rotatable bonds is 4. The second-order valence-electron chi connectivity index (χ2n) is 8.55. The molecule has 0 bridgehead atoms. The Morgan fingerprint density at radius 2 is 1.47 bits per heavy atom. The van der Waals surface area contributed by atoms with Crippen LogP contribution < -0.4 is 9.80 Å². The smallest absolute Gasteiger partial charge is 0.276 e. The minimum Gasteiger partial charge on any atom is -0.355 e. The van der Waals surface area contributed by atoms with Crippen molar-refractivity contribution in [2.75, 3.05) is 49.1 Å². The van der Waals surface area contributed by atoms with Crippen LogP contribution in [0, 0.1) is 5.92 Å². The molecule has 2 fully saturated rings. The number of carbonyl (C=O) groups excluding carboxylic acids is 1. The molecule has 2 saturated heterocycles. The topological polar surface area (TPSA) is 83.3 Å². The van der Waals surface area contributed by atoms with Crippen LogP contribution in [0.15, 0.2) is 48.7 Å². The highest BCUT2D eigenvalue weighted by molar-refractivity contribution is 5.92. The van der Waals surface area contributed by atoms with Gasteiger partial charge < -0.3 is 14.7 Å². The predicted octanol–water partition coefficient (Wildman–Crippen LogP) is 2.26. The van der Waals surface area contributed by atoms with Gasteiger partial charge in [-0.25, -0.2) is 0 Å². The molecule has 0 unspecified atom stereocenters. The Balaban J connectivity index is 1.17. The molecule has 2 aliphatic heterocycles. The molecule has 32 heavy (non-hydrogen) atoms. The standard InChI is InChI=1S/C23H28N8O/c1-18-9-11-28(12-10-18)21-7-8-22(26-25-21)29-13-15-30(16-14-29)23(32)20-17-24-31(27-20)19-5-3-2-4-6-19/h2-8,17-18H,9-16H2,1H3. The molecule has 0 N–H and O–H groups in total. The van der Waals surface area contributed by atoms with Gasteiger partial charge >= 0.3 is 0 Å². The number of piperazine rings is 1. The van der Waals surface area contributed by atoms with E-state index in [-0.39, 0.29) is 5.91 Å². The van der Waals surface area contributed by atoms with Crippen molar-refractivity contribution in [1.82, 2.24) is 30.1 Å². The summed E-state index contributed by atoms with van der Waals surface area (Å²) in [5.74, 6) is 2.52. The van der Waals surface area contributed by atoms with Crippen molar-refractivity contribution in [2.45, 2.75) is 19.8 Å². The van der Waals surface area contributed by atoms with E-state index in [1.807, 2.05) is 41.3 Å². The third kappa shape index (κ3) is 4.28. The van der Waals surface area contributed by atoms with E-state index in [2.05, 4.69) is 43.2 Å². The summed E-state index contributed by atoms with van der Waals surface area (Å²) in [4.78, 5) is 20.7. The van der Waals surface area contributed by atoms with Gasteiger partial charge in [0, 0.05) is 39.3 Å². The molecular formula is C23H28N8O. The second kappa shape index (κ2) is 8.94. The van der Waals surface area contributed by atoms with E-state index in [4.69, 9.17) is 0 Å². The predicted molar refractivity (Wildman–Crippen MR) is 122 cm³/mol. The van der Waals surface area contributed by atoms with Crippen LogP contribution in [0.3, 0.4) is 0 Å². The zero-order chi connectivity index (χ0) is 21.9. The van der Waals surface area contributed by atoms with E-state index >= 15 is 0 Å². The minimum atomic E-state index is -0.0902. The quantitative estimate of drug-likeness (QED) is 0.625. The van der Waals surface area contributed by atoms with E-state index in [9.17, 15) is 4.79 Å². The van der Waals surface area contributed by atoms with Crippen molar-refractivity contribution in [3.8, 4) is 5.69 Å². The van der Waals surface area contributed by atoms with Crippen LogP contribution in [-0.4, -0.2) is 75.3 Å². The number of piperidine rings is 1. The zero-order valence-corrected chi connectivity index (χ0v) is 18.3. The van der Waals surface area contributed by atoms with Crippen molar-refractivity contribution in [3.05, 3.63) is 54.4 Å². The summed E-state index contributed by atoms with van der Waals surface area (Å²) < 4.78 is 0. The molecule has 166 valence electrons. The summed E-state index contributed by atoms with van der Waals surface area (Å²) in [5, 5.41) is 17.5. The second-order valence-corrected chi connectivity index (χ2v) is 8.55. The monoisotopic (exact) mass is 432 g/mol. The summed E-state index contributed by atoms with van der Waals surface area (Å²) in [7, 11) is 0. The van der Waals surface area contributed by atoms with Crippen molar-refractivity contribution in [1.29, 1.82) is 0 Å². The Hall–Kier alpha value is -3.49. The number of anilines is 2. The first-order valence-electron chi connectivity index (χ1n) is 11.3. The Kier molecular flexibility index (Phi) is 5.70. The molecular weight excluding hydrogens is 404 g/mol. The van der Waals surface area contributed by atoms with Crippen molar-refractivity contribution < 1.29 is 4.79 Å². The zero-order valence-electron chi connectivity index (χ0n) is 18.3. The number of carbonyl (C=O) groups is 1. The Labute approximate surface area is 187 Å². The van der Waals surface area contributed by atoms with E-state index in [1.54, 1.807) is 0 Å². The highest BCUT2D eigenvalue weighted by Crippen LogP contribution is 2.22. The van der Waals surface area contributed by atoms with Crippen molar-refractivity contribution in [3.63, 3.8) is 0 Å². The lowest BCUT2D eigenvalue weighted by Crippen LogP contribution is -2.49. The van der Waals surface area contributed by atoms with Gasteiger partial charge in [0.1, 0.15) is 0 Å². The van der Waals surface area contributed by atoms with E-state index < -0.39 is 0 Å². The third-order valence-corrected chi connectivity index (χ3v) is 6.33. The fourth-order valence-electron chi connectivity index (χ4n) is 4.24. The number of benzene rings is 1. The fourth-order valence-corrected chi connectivity index (χ4v) is 4.24. The number of amides is 1. The molecule has 3 aromatic rings. The van der Waals surface area contributed by atoms with Gasteiger partial charge in [0.15, 0.2) is 17.3 Å². The average molecular weight is 433 g/mol. The largest absolute Gasteiger partial charge is 0.355 e. The Morgan fingerprint density at radius 3 is 2.09 bits per heavy atom. The van der Waals surface area contributed by atoms with E-state index in [0.717, 1.165) is 36.3 Å². The normalized spacial score (nSPS) is 17.6. The van der Waals surface area contributed by atoms with Crippen LogP contribution in [0.4, 0.5) is 11.6 Å². The number of aromatic nitrogens is 5. The molecule has 0 radical (unpaired) electrons. The highest BCUT2D eigenvalue weighted by atomic mass is 16.2. The Morgan fingerprint density at radius 1 is 0.844 bits per heavy atom. The molecule has 0 atom stereocenters. The molecule has 5 rings (SSSR count). The molecule has 1 amide bonds. The molecule has 9 heteroatoms. The van der Waals surface area contributed by atoms with Gasteiger partial charge in [-0.2, -0.15) is 9.90 Å². The maximum absolute atomic E-state index is 12.9. The molecule has 0 spiro atoms. The lowest BCUT2D eigenvalue weighted by atomic mass is 9.99. The van der Waals surface area contributed by atoms with Gasteiger partial charge in [0.2, 0.25) is 0 Å². The van der Waals surface area contributed by atoms with E-state index in [1.165, 1.54) is 23.8 Å². The highest BCUT2D eigenvalue weighted by Gasteiger charge is 2.25. The van der Waals surface area contributed by atoms with Gasteiger partial charge in [0.25, 0.3) is 5.91 Å². The molecule has 0 aliphatic carbocycles. The van der Waals surface area contributed by atoms with Gasteiger partial charge in [-0.3, -0.25) is 4.79 Å². The van der Waals surface area contributed by atoms with Crippen molar-refractivity contribution in [2.24, 2.45) is 5.92 Å². The molecule has 9 nitrogen and oxygen atoms in total. The van der Waals surface area contributed by atoms with Crippen LogP contribution in [-0.2, 0) is 0 Å². The summed E-state index contributed by atoms with van der Waals surface area (Å²) in [6.07, 6.45) is 3.95. The lowest BCUT2D eigenvalue weighted by Gasteiger charge is -2.35. The average Bonchev–Trinajstić information content (AvgIpc) is 3.35. The summed E-state index contributed by atoms with van der Waals surface area (Å²) >= 11 is 0. The number of hydrogen-bond donors (Lipinski definition) is 0. The minimum absolute atomic E-state index is 0.0902. The van der Waals surface area contributed by atoms with Gasteiger partial charge in [0.05, 0.1) is 11.9 Å². The first-order valence-corrected chi connectivity index (χ1v) is 11.3. The molecule has 2 aliphatic rings. The maximum Gasteiger partial charge on any atom is 0.276 e. The SMILES string of the molecule is CC1CCN(c2ccc(N3CCN(C(=O)c4cnn(-c5ccccc5)n4)CC3)nn2)CC1. The Bertz CT molecular complexity index is 1040. The summed E-state index contributed by atoms with van der Waals surface area (Å²) in [6, 6.07) is 13.7.